The highest BCUT2D eigenvalue weighted by atomic mass is 16.5. The third kappa shape index (κ3) is 4.22. The van der Waals surface area contributed by atoms with Gasteiger partial charge in [-0.05, 0) is 49.9 Å². The minimum atomic E-state index is -0.447. The van der Waals surface area contributed by atoms with Crippen LogP contribution in [0.25, 0.3) is 11.3 Å². The first kappa shape index (κ1) is 22.3. The van der Waals surface area contributed by atoms with E-state index < -0.39 is 5.41 Å². The van der Waals surface area contributed by atoms with Crippen LogP contribution in [0.3, 0.4) is 0 Å². The topological polar surface area (TPSA) is 121 Å². The molecule has 2 aromatic heterocycles. The van der Waals surface area contributed by atoms with Gasteiger partial charge in [0.1, 0.15) is 6.07 Å². The Balaban J connectivity index is 1.40. The van der Waals surface area contributed by atoms with E-state index in [0.717, 1.165) is 48.5 Å². The second kappa shape index (κ2) is 9.05. The molecule has 0 saturated carbocycles. The van der Waals surface area contributed by atoms with E-state index in [4.69, 9.17) is 4.74 Å². The molecule has 1 aromatic carbocycles. The third-order valence-corrected chi connectivity index (χ3v) is 6.74. The Morgan fingerprint density at radius 2 is 2.24 bits per heavy atom. The zero-order chi connectivity index (χ0) is 23.7. The number of aliphatic hydroxyl groups excluding tert-OH is 1. The van der Waals surface area contributed by atoms with Crippen molar-refractivity contribution in [2.45, 2.75) is 51.2 Å². The molecule has 1 unspecified atom stereocenters. The Hall–Kier alpha value is -3.48. The molecule has 4 heterocycles. The molecule has 2 atom stereocenters. The maximum Gasteiger partial charge on any atom is 0.228 e. The third-order valence-electron chi connectivity index (χ3n) is 6.74. The van der Waals surface area contributed by atoms with Gasteiger partial charge in [-0.1, -0.05) is 6.92 Å². The lowest BCUT2D eigenvalue weighted by atomic mass is 9.83. The van der Waals surface area contributed by atoms with Gasteiger partial charge in [-0.3, -0.25) is 4.68 Å². The Morgan fingerprint density at radius 1 is 1.35 bits per heavy atom. The number of hydrogen-bond acceptors (Lipinski definition) is 8. The molecule has 0 radical (unpaired) electrons. The quantitative estimate of drug-likeness (QED) is 0.512. The molecule has 3 N–H and O–H groups in total. The van der Waals surface area contributed by atoms with E-state index in [1.807, 2.05) is 42.8 Å². The zero-order valence-electron chi connectivity index (χ0n) is 19.5. The van der Waals surface area contributed by atoms with Crippen LogP contribution in [0.5, 0.6) is 0 Å². The first-order valence-corrected chi connectivity index (χ1v) is 11.7. The number of aryl methyl sites for hydroxylation is 1. The van der Waals surface area contributed by atoms with E-state index in [9.17, 15) is 10.4 Å². The number of ether oxygens (including phenoxy) is 1. The molecule has 0 aliphatic carbocycles. The summed E-state index contributed by atoms with van der Waals surface area (Å²) in [7, 11) is 0. The minimum Gasteiger partial charge on any atom is -0.395 e. The van der Waals surface area contributed by atoms with Crippen LogP contribution in [0, 0.1) is 18.3 Å². The fourth-order valence-electron chi connectivity index (χ4n) is 4.66. The molecule has 1 saturated heterocycles. The Kier molecular flexibility index (Phi) is 5.94. The van der Waals surface area contributed by atoms with Crippen LogP contribution in [0.15, 0.2) is 30.5 Å². The Labute approximate surface area is 198 Å². The van der Waals surface area contributed by atoms with Crippen molar-refractivity contribution in [3.8, 4) is 17.3 Å². The monoisotopic (exact) mass is 459 g/mol. The van der Waals surface area contributed by atoms with Crippen molar-refractivity contribution in [2.75, 3.05) is 30.4 Å². The summed E-state index contributed by atoms with van der Waals surface area (Å²) in [6.45, 7) is 6.14. The van der Waals surface area contributed by atoms with Crippen molar-refractivity contribution in [3.63, 3.8) is 0 Å². The van der Waals surface area contributed by atoms with Gasteiger partial charge in [-0.25, -0.2) is 9.97 Å². The van der Waals surface area contributed by atoms with Crippen molar-refractivity contribution in [1.29, 1.82) is 5.26 Å². The van der Waals surface area contributed by atoms with Gasteiger partial charge in [0.25, 0.3) is 0 Å². The van der Waals surface area contributed by atoms with Crippen LogP contribution in [0.2, 0.25) is 0 Å². The van der Waals surface area contributed by atoms with Crippen molar-refractivity contribution >= 4 is 17.5 Å². The molecule has 1 fully saturated rings. The van der Waals surface area contributed by atoms with E-state index in [-0.39, 0.29) is 12.7 Å². The molecule has 2 aliphatic heterocycles. The minimum absolute atomic E-state index is 0.00813. The van der Waals surface area contributed by atoms with Gasteiger partial charge in [-0.2, -0.15) is 10.4 Å². The maximum atomic E-state index is 9.96. The maximum absolute atomic E-state index is 9.96. The lowest BCUT2D eigenvalue weighted by molar-refractivity contribution is 0.00370. The van der Waals surface area contributed by atoms with Crippen LogP contribution in [0.1, 0.15) is 43.0 Å². The lowest BCUT2D eigenvalue weighted by Gasteiger charge is -2.22. The molecule has 3 aromatic rings. The molecule has 0 bridgehead atoms. The van der Waals surface area contributed by atoms with Gasteiger partial charge in [0.15, 0.2) is 5.82 Å². The number of anilines is 3. The molecule has 176 valence electrons. The van der Waals surface area contributed by atoms with Crippen LogP contribution >= 0.6 is 0 Å². The summed E-state index contributed by atoms with van der Waals surface area (Å²) in [6, 6.07) is 9.88. The molecule has 9 heteroatoms. The molecule has 5 rings (SSSR count). The first-order valence-electron chi connectivity index (χ1n) is 11.7. The number of aliphatic hydroxyl groups is 1. The van der Waals surface area contributed by atoms with Gasteiger partial charge in [0.2, 0.25) is 5.95 Å². The smallest absolute Gasteiger partial charge is 0.228 e. The SMILES string of the molecule is Cc1cc(Nc2nccc(-c3cc(C#N)c4c(c3)[C@@](C)(CO)CN4)n2)nn1CC1CCCCO1. The van der Waals surface area contributed by atoms with Crippen LogP contribution in [0.4, 0.5) is 17.5 Å². The number of fused-ring (bicyclic) bond motifs is 1. The molecule has 9 nitrogen and oxygen atoms in total. The second-order valence-corrected chi connectivity index (χ2v) is 9.36. The molecular formula is C25H29N7O2. The van der Waals surface area contributed by atoms with E-state index in [1.54, 1.807) is 6.20 Å². The normalized spacial score (nSPS) is 21.5. The van der Waals surface area contributed by atoms with Gasteiger partial charge < -0.3 is 20.5 Å². The first-order chi connectivity index (χ1) is 16.5. The highest BCUT2D eigenvalue weighted by Crippen LogP contribution is 2.41. The van der Waals surface area contributed by atoms with Crippen LogP contribution < -0.4 is 10.6 Å². The van der Waals surface area contributed by atoms with E-state index >= 15 is 0 Å². The Morgan fingerprint density at radius 3 is 3.00 bits per heavy atom. The van der Waals surface area contributed by atoms with Crippen molar-refractivity contribution in [2.24, 2.45) is 0 Å². The van der Waals surface area contributed by atoms with E-state index in [1.165, 1.54) is 6.42 Å². The standard InChI is InChI=1S/C25H29N7O2/c1-16-9-22(31-32(16)13-19-5-3-4-8-34-19)30-24-27-7-6-21(29-24)17-10-18(12-26)23-20(11-17)25(2,15-33)14-28-23/h6-7,9-11,19,28,33H,3-5,8,13-15H2,1-2H3,(H,27,29,30,31)/t19?,25-/m1/s1. The van der Waals surface area contributed by atoms with Crippen LogP contribution in [-0.2, 0) is 16.7 Å². The average molecular weight is 460 g/mol. The summed E-state index contributed by atoms with van der Waals surface area (Å²) in [5, 5.41) is 30.8. The molecule has 34 heavy (non-hydrogen) atoms. The van der Waals surface area contributed by atoms with E-state index in [0.29, 0.717) is 29.6 Å². The predicted octanol–water partition coefficient (Wildman–Crippen LogP) is 3.51. The summed E-state index contributed by atoms with van der Waals surface area (Å²) in [4.78, 5) is 9.04. The van der Waals surface area contributed by atoms with E-state index in [2.05, 4.69) is 31.8 Å². The van der Waals surface area contributed by atoms with Crippen LogP contribution in [-0.4, -0.2) is 50.7 Å². The molecule has 2 aliphatic rings. The number of nitrogens with zero attached hydrogens (tertiary/aromatic N) is 5. The second-order valence-electron chi connectivity index (χ2n) is 9.36. The summed E-state index contributed by atoms with van der Waals surface area (Å²) in [5.41, 5.74) is 4.35. The van der Waals surface area contributed by atoms with Gasteiger partial charge in [0, 0.05) is 42.1 Å². The number of rotatable bonds is 6. The largest absolute Gasteiger partial charge is 0.395 e. The highest BCUT2D eigenvalue weighted by Gasteiger charge is 2.36. The summed E-state index contributed by atoms with van der Waals surface area (Å²) < 4.78 is 7.82. The number of nitriles is 1. The summed E-state index contributed by atoms with van der Waals surface area (Å²) >= 11 is 0. The summed E-state index contributed by atoms with van der Waals surface area (Å²) in [5.74, 6) is 1.10. The van der Waals surface area contributed by atoms with Gasteiger partial charge >= 0.3 is 0 Å². The molecular weight excluding hydrogens is 430 g/mol. The van der Waals surface area contributed by atoms with Gasteiger partial charge in [0.05, 0.1) is 36.2 Å². The fourth-order valence-corrected chi connectivity index (χ4v) is 4.66. The summed E-state index contributed by atoms with van der Waals surface area (Å²) in [6.07, 6.45) is 5.27. The predicted molar refractivity (Wildman–Crippen MR) is 129 cm³/mol. The van der Waals surface area contributed by atoms with Crippen molar-refractivity contribution in [3.05, 3.63) is 47.3 Å². The van der Waals surface area contributed by atoms with Gasteiger partial charge in [-0.15, -0.1) is 0 Å². The van der Waals surface area contributed by atoms with Crippen molar-refractivity contribution in [1.82, 2.24) is 19.7 Å². The Bertz CT molecular complexity index is 1240. The molecule has 0 amide bonds. The molecule has 0 spiro atoms. The van der Waals surface area contributed by atoms with Crippen molar-refractivity contribution < 1.29 is 9.84 Å². The number of aromatic nitrogens is 4. The number of benzene rings is 1. The highest BCUT2D eigenvalue weighted by molar-refractivity contribution is 5.76. The fraction of sp³-hybridized carbons (Fsp3) is 0.440. The number of nitrogens with one attached hydrogen (secondary N) is 2. The number of hydrogen-bond donors (Lipinski definition) is 3. The average Bonchev–Trinajstić information content (AvgIpc) is 3.38. The lowest BCUT2D eigenvalue weighted by Crippen LogP contribution is -2.28. The zero-order valence-corrected chi connectivity index (χ0v) is 19.5.